The molecule has 1 aromatic carbocycles. The summed E-state index contributed by atoms with van der Waals surface area (Å²) in [4.78, 5) is 23.4. The smallest absolute Gasteiger partial charge is 0.348 e. The fourth-order valence-electron chi connectivity index (χ4n) is 1.68. The number of carbonyl (C=O) groups is 2. The predicted molar refractivity (Wildman–Crippen MR) is 65.6 cm³/mol. The second kappa shape index (κ2) is 5.03. The maximum atomic E-state index is 12.4. The van der Waals surface area contributed by atoms with E-state index in [-0.39, 0.29) is 11.1 Å². The second-order valence-electron chi connectivity index (χ2n) is 4.70. The van der Waals surface area contributed by atoms with E-state index < -0.39 is 24.2 Å². The quantitative estimate of drug-likeness (QED) is 0.475. The largest absolute Gasteiger partial charge is 0.419 e. The van der Waals surface area contributed by atoms with Crippen molar-refractivity contribution >= 4 is 18.0 Å². The highest BCUT2D eigenvalue weighted by Gasteiger charge is 2.38. The molecule has 1 aromatic rings. The maximum absolute atomic E-state index is 12.4. The lowest BCUT2D eigenvalue weighted by Gasteiger charge is -2.29. The van der Waals surface area contributed by atoms with Crippen LogP contribution in [0.25, 0.3) is 6.08 Å². The van der Waals surface area contributed by atoms with Gasteiger partial charge in [-0.05, 0) is 11.6 Å². The number of rotatable bonds is 2. The van der Waals surface area contributed by atoms with Crippen LogP contribution >= 0.6 is 0 Å². The van der Waals surface area contributed by atoms with Gasteiger partial charge < -0.3 is 9.47 Å². The van der Waals surface area contributed by atoms with Crippen molar-refractivity contribution in [2.24, 2.45) is 0 Å². The number of ether oxygens (including phenoxy) is 2. The molecule has 2 rings (SSSR count). The number of halogens is 2. The minimum absolute atomic E-state index is 0.137. The minimum Gasteiger partial charge on any atom is -0.419 e. The summed E-state index contributed by atoms with van der Waals surface area (Å²) in [5.74, 6) is -2.90. The van der Waals surface area contributed by atoms with Crippen molar-refractivity contribution in [2.45, 2.75) is 26.1 Å². The third kappa shape index (κ3) is 3.01. The van der Waals surface area contributed by atoms with Crippen molar-refractivity contribution in [2.75, 3.05) is 0 Å². The molecule has 0 radical (unpaired) electrons. The average molecular weight is 282 g/mol. The summed E-state index contributed by atoms with van der Waals surface area (Å²) in [6.45, 7) is 2.88. The summed E-state index contributed by atoms with van der Waals surface area (Å²) in [5.41, 5.74) is 0.0224. The number of esters is 2. The van der Waals surface area contributed by atoms with Crippen LogP contribution in [0, 0.1) is 0 Å². The number of alkyl halides is 2. The fraction of sp³-hybridized carbons (Fsp3) is 0.286. The molecule has 1 fully saturated rings. The van der Waals surface area contributed by atoms with Crippen LogP contribution in [0.15, 0.2) is 29.8 Å². The molecule has 0 bridgehead atoms. The number of hydrogen-bond donors (Lipinski definition) is 0. The van der Waals surface area contributed by atoms with E-state index in [1.807, 2.05) is 0 Å². The Balaban J connectivity index is 2.26. The lowest BCUT2D eigenvalue weighted by molar-refractivity contribution is -0.222. The number of benzene rings is 1. The molecule has 1 aliphatic heterocycles. The number of hydrogen-bond acceptors (Lipinski definition) is 4. The Hall–Kier alpha value is -2.24. The van der Waals surface area contributed by atoms with Crippen molar-refractivity contribution in [1.29, 1.82) is 0 Å². The van der Waals surface area contributed by atoms with E-state index in [0.717, 1.165) is 0 Å². The van der Waals surface area contributed by atoms with Gasteiger partial charge in [0.05, 0.1) is 0 Å². The van der Waals surface area contributed by atoms with Gasteiger partial charge >= 0.3 is 11.9 Å². The molecule has 1 aliphatic rings. The molecule has 0 spiro atoms. The standard InChI is InChI=1S/C14H12F2O4/c1-14(2)19-12(17)10(13(18)20-14)7-8-3-5-9(6-4-8)11(15)16/h3-7,11H,1-2H3. The molecule has 6 heteroatoms. The number of carbonyl (C=O) groups excluding carboxylic acids is 2. The van der Waals surface area contributed by atoms with Crippen LogP contribution in [0.5, 0.6) is 0 Å². The molecular weight excluding hydrogens is 270 g/mol. The molecule has 0 atom stereocenters. The first-order valence-corrected chi connectivity index (χ1v) is 5.85. The van der Waals surface area contributed by atoms with Crippen LogP contribution < -0.4 is 0 Å². The van der Waals surface area contributed by atoms with Gasteiger partial charge in [-0.3, -0.25) is 0 Å². The Morgan fingerprint density at radius 2 is 1.55 bits per heavy atom. The zero-order valence-corrected chi connectivity index (χ0v) is 10.9. The maximum Gasteiger partial charge on any atom is 0.348 e. The fourth-order valence-corrected chi connectivity index (χ4v) is 1.68. The zero-order chi connectivity index (χ0) is 14.9. The van der Waals surface area contributed by atoms with Crippen LogP contribution in [-0.4, -0.2) is 17.7 Å². The molecular formula is C14H12F2O4. The molecule has 4 nitrogen and oxygen atoms in total. The van der Waals surface area contributed by atoms with E-state index in [2.05, 4.69) is 0 Å². The molecule has 20 heavy (non-hydrogen) atoms. The van der Waals surface area contributed by atoms with Crippen molar-refractivity contribution in [1.82, 2.24) is 0 Å². The highest BCUT2D eigenvalue weighted by atomic mass is 19.3. The minimum atomic E-state index is -2.57. The highest BCUT2D eigenvalue weighted by molar-refractivity contribution is 6.18. The zero-order valence-electron chi connectivity index (χ0n) is 10.9. The lowest BCUT2D eigenvalue weighted by Crippen LogP contribution is -2.41. The third-order valence-corrected chi connectivity index (χ3v) is 2.62. The van der Waals surface area contributed by atoms with Gasteiger partial charge in [0.2, 0.25) is 0 Å². The summed E-state index contributed by atoms with van der Waals surface area (Å²) in [7, 11) is 0. The molecule has 0 aromatic heterocycles. The Morgan fingerprint density at radius 1 is 1.05 bits per heavy atom. The van der Waals surface area contributed by atoms with Gasteiger partial charge in [0.1, 0.15) is 5.57 Å². The van der Waals surface area contributed by atoms with E-state index >= 15 is 0 Å². The first-order valence-electron chi connectivity index (χ1n) is 5.85. The Bertz CT molecular complexity index is 551. The van der Waals surface area contributed by atoms with E-state index in [1.54, 1.807) is 0 Å². The van der Waals surface area contributed by atoms with Crippen LogP contribution in [-0.2, 0) is 19.1 Å². The lowest BCUT2D eigenvalue weighted by atomic mass is 10.1. The molecule has 106 valence electrons. The molecule has 0 unspecified atom stereocenters. The van der Waals surface area contributed by atoms with Gasteiger partial charge in [-0.15, -0.1) is 0 Å². The van der Waals surface area contributed by atoms with Crippen LogP contribution in [0.2, 0.25) is 0 Å². The van der Waals surface area contributed by atoms with Gasteiger partial charge in [-0.25, -0.2) is 18.4 Å². The van der Waals surface area contributed by atoms with E-state index in [9.17, 15) is 18.4 Å². The van der Waals surface area contributed by atoms with E-state index in [0.29, 0.717) is 5.56 Å². The SMILES string of the molecule is CC1(C)OC(=O)C(=Cc2ccc(C(F)F)cc2)C(=O)O1. The molecule has 0 N–H and O–H groups in total. The van der Waals surface area contributed by atoms with Gasteiger partial charge in [0.15, 0.2) is 0 Å². The van der Waals surface area contributed by atoms with Crippen LogP contribution in [0.1, 0.15) is 31.4 Å². The Labute approximate surface area is 114 Å². The topological polar surface area (TPSA) is 52.6 Å². The molecule has 0 saturated carbocycles. The van der Waals surface area contributed by atoms with Gasteiger partial charge in [0.25, 0.3) is 12.2 Å². The van der Waals surface area contributed by atoms with Gasteiger partial charge in [-0.2, -0.15) is 0 Å². The van der Waals surface area contributed by atoms with Crippen LogP contribution in [0.4, 0.5) is 8.78 Å². The van der Waals surface area contributed by atoms with Crippen molar-refractivity contribution in [3.05, 3.63) is 41.0 Å². The van der Waals surface area contributed by atoms with E-state index in [4.69, 9.17) is 9.47 Å². The predicted octanol–water partition coefficient (Wildman–Crippen LogP) is 2.84. The molecule has 1 heterocycles. The van der Waals surface area contributed by atoms with Gasteiger partial charge in [-0.1, -0.05) is 24.3 Å². The first-order chi connectivity index (χ1) is 9.28. The van der Waals surface area contributed by atoms with Crippen molar-refractivity contribution in [3.8, 4) is 0 Å². The summed E-state index contributed by atoms with van der Waals surface area (Å²) in [5, 5.41) is 0. The normalized spacial score (nSPS) is 17.8. The monoisotopic (exact) mass is 282 g/mol. The van der Waals surface area contributed by atoms with E-state index in [1.165, 1.54) is 44.2 Å². The Kier molecular flexibility index (Phi) is 3.57. The third-order valence-electron chi connectivity index (χ3n) is 2.62. The highest BCUT2D eigenvalue weighted by Crippen LogP contribution is 2.25. The van der Waals surface area contributed by atoms with Gasteiger partial charge in [0, 0.05) is 19.4 Å². The Morgan fingerprint density at radius 3 is 2.00 bits per heavy atom. The number of cyclic esters (lactones) is 2. The second-order valence-corrected chi connectivity index (χ2v) is 4.70. The molecule has 1 saturated heterocycles. The summed E-state index contributed by atoms with van der Waals surface area (Å²) in [6.07, 6.45) is -1.32. The summed E-state index contributed by atoms with van der Waals surface area (Å²) in [6, 6.07) is 5.21. The summed E-state index contributed by atoms with van der Waals surface area (Å²) < 4.78 is 34.6. The van der Waals surface area contributed by atoms with Crippen LogP contribution in [0.3, 0.4) is 0 Å². The van der Waals surface area contributed by atoms with Crippen molar-refractivity contribution < 1.29 is 27.8 Å². The molecule has 0 aliphatic carbocycles. The average Bonchev–Trinajstić information content (AvgIpc) is 2.33. The van der Waals surface area contributed by atoms with Crippen molar-refractivity contribution in [3.63, 3.8) is 0 Å². The molecule has 0 amide bonds. The summed E-state index contributed by atoms with van der Waals surface area (Å²) >= 11 is 0. The first kappa shape index (κ1) is 14.2.